The maximum absolute atomic E-state index is 11.2. The van der Waals surface area contributed by atoms with Gasteiger partial charge in [0.25, 0.3) is 5.56 Å². The van der Waals surface area contributed by atoms with Crippen molar-refractivity contribution in [1.82, 2.24) is 20.1 Å². The van der Waals surface area contributed by atoms with E-state index in [1.807, 2.05) is 14.1 Å². The molecule has 0 fully saturated rings. The normalized spacial score (nSPS) is 10.9. The van der Waals surface area contributed by atoms with Gasteiger partial charge in [-0.25, -0.2) is 0 Å². The van der Waals surface area contributed by atoms with Crippen LogP contribution in [0.2, 0.25) is 0 Å². The van der Waals surface area contributed by atoms with Crippen LogP contribution in [0.5, 0.6) is 0 Å². The van der Waals surface area contributed by atoms with E-state index in [9.17, 15) is 4.79 Å². The molecule has 0 spiro atoms. The minimum absolute atomic E-state index is 0.160. The number of aromatic nitrogens is 3. The van der Waals surface area contributed by atoms with Crippen LogP contribution in [0, 0.1) is 6.92 Å². The average molecular weight is 214 g/mol. The van der Waals surface area contributed by atoms with Crippen LogP contribution in [0.3, 0.4) is 0 Å². The molecule has 0 bridgehead atoms. The molecule has 78 valence electrons. The summed E-state index contributed by atoms with van der Waals surface area (Å²) in [4.78, 5) is 15.9. The first kappa shape index (κ1) is 11.2. The highest BCUT2D eigenvalue weighted by Gasteiger charge is 2.00. The topological polar surface area (TPSA) is 61.9 Å². The first-order valence-electron chi connectivity index (χ1n) is 4.30. The molecule has 0 saturated carbocycles. The quantitative estimate of drug-likeness (QED) is 0.722. The molecule has 1 rings (SSSR count). The Balaban J connectivity index is 2.52. The lowest BCUT2D eigenvalue weighted by Crippen LogP contribution is -2.17. The van der Waals surface area contributed by atoms with Gasteiger partial charge in [0, 0.05) is 12.3 Å². The number of aryl methyl sites for hydroxylation is 1. The Labute approximate surface area is 86.9 Å². The summed E-state index contributed by atoms with van der Waals surface area (Å²) in [5, 5.41) is 8.21. The zero-order chi connectivity index (χ0) is 10.6. The van der Waals surface area contributed by atoms with Gasteiger partial charge in [-0.15, -0.1) is 10.2 Å². The van der Waals surface area contributed by atoms with Crippen LogP contribution in [-0.2, 0) is 0 Å². The van der Waals surface area contributed by atoms with E-state index in [0.717, 1.165) is 12.3 Å². The molecule has 1 aromatic rings. The number of rotatable bonds is 4. The van der Waals surface area contributed by atoms with Crippen molar-refractivity contribution in [2.75, 3.05) is 26.4 Å². The number of hydrogen-bond acceptors (Lipinski definition) is 5. The van der Waals surface area contributed by atoms with Crippen molar-refractivity contribution in [2.24, 2.45) is 0 Å². The van der Waals surface area contributed by atoms with Gasteiger partial charge in [0.05, 0.1) is 0 Å². The largest absolute Gasteiger partial charge is 0.309 e. The Morgan fingerprint density at radius 2 is 2.14 bits per heavy atom. The standard InChI is InChI=1S/C8H14N4OS/c1-6-7(13)9-8(11-10-6)14-5-4-12(2)3/h4-5H2,1-3H3,(H,9,11,13). The van der Waals surface area contributed by atoms with Crippen LogP contribution >= 0.6 is 11.8 Å². The number of nitrogens with one attached hydrogen (secondary N) is 1. The zero-order valence-electron chi connectivity index (χ0n) is 8.57. The minimum atomic E-state index is -0.160. The number of aromatic amines is 1. The van der Waals surface area contributed by atoms with Crippen LogP contribution in [-0.4, -0.2) is 46.5 Å². The molecule has 0 aromatic carbocycles. The fraction of sp³-hybridized carbons (Fsp3) is 0.625. The third-order valence-corrected chi connectivity index (χ3v) is 2.46. The van der Waals surface area contributed by atoms with Crippen molar-refractivity contribution in [1.29, 1.82) is 0 Å². The van der Waals surface area contributed by atoms with E-state index < -0.39 is 0 Å². The summed E-state index contributed by atoms with van der Waals surface area (Å²) in [6, 6.07) is 0. The van der Waals surface area contributed by atoms with Crippen LogP contribution < -0.4 is 5.56 Å². The van der Waals surface area contributed by atoms with E-state index >= 15 is 0 Å². The fourth-order valence-electron chi connectivity index (χ4n) is 0.768. The van der Waals surface area contributed by atoms with Gasteiger partial charge in [0.2, 0.25) is 0 Å². The Bertz CT molecular complexity index is 349. The van der Waals surface area contributed by atoms with Crippen molar-refractivity contribution in [3.63, 3.8) is 0 Å². The summed E-state index contributed by atoms with van der Waals surface area (Å²) in [6.45, 7) is 2.59. The molecular weight excluding hydrogens is 200 g/mol. The maximum atomic E-state index is 11.2. The number of thioether (sulfide) groups is 1. The minimum Gasteiger partial charge on any atom is -0.309 e. The van der Waals surface area contributed by atoms with Crippen LogP contribution in [0.4, 0.5) is 0 Å². The first-order chi connectivity index (χ1) is 6.59. The summed E-state index contributed by atoms with van der Waals surface area (Å²) in [5.41, 5.74) is 0.245. The van der Waals surface area contributed by atoms with E-state index in [0.29, 0.717) is 10.9 Å². The smallest absolute Gasteiger partial charge is 0.273 e. The third-order valence-electron chi connectivity index (χ3n) is 1.62. The number of H-pyrrole nitrogens is 1. The summed E-state index contributed by atoms with van der Waals surface area (Å²) >= 11 is 1.50. The van der Waals surface area contributed by atoms with Crippen molar-refractivity contribution >= 4 is 11.8 Å². The maximum Gasteiger partial charge on any atom is 0.273 e. The molecule has 0 radical (unpaired) electrons. The molecule has 0 amide bonds. The van der Waals surface area contributed by atoms with E-state index in [1.165, 1.54) is 11.8 Å². The monoisotopic (exact) mass is 214 g/mol. The molecule has 1 aromatic heterocycles. The lowest BCUT2D eigenvalue weighted by molar-refractivity contribution is 0.437. The highest BCUT2D eigenvalue weighted by Crippen LogP contribution is 2.08. The molecule has 0 saturated heterocycles. The first-order valence-corrected chi connectivity index (χ1v) is 5.29. The highest BCUT2D eigenvalue weighted by atomic mass is 32.2. The summed E-state index contributed by atoms with van der Waals surface area (Å²) < 4.78 is 0. The van der Waals surface area contributed by atoms with Crippen molar-refractivity contribution in [2.45, 2.75) is 12.1 Å². The van der Waals surface area contributed by atoms with Crippen LogP contribution in [0.25, 0.3) is 0 Å². The van der Waals surface area contributed by atoms with E-state index in [2.05, 4.69) is 20.1 Å². The average Bonchev–Trinajstić information content (AvgIpc) is 2.10. The fourth-order valence-corrected chi connectivity index (χ4v) is 1.68. The molecule has 1 N–H and O–H groups in total. The number of hydrogen-bond donors (Lipinski definition) is 1. The van der Waals surface area contributed by atoms with E-state index in [1.54, 1.807) is 6.92 Å². The second-order valence-electron chi connectivity index (χ2n) is 3.20. The summed E-state index contributed by atoms with van der Waals surface area (Å²) in [5.74, 6) is 0.890. The second-order valence-corrected chi connectivity index (χ2v) is 4.28. The summed E-state index contributed by atoms with van der Waals surface area (Å²) in [6.07, 6.45) is 0. The van der Waals surface area contributed by atoms with Crippen LogP contribution in [0.1, 0.15) is 5.69 Å². The molecule has 0 aliphatic heterocycles. The molecule has 14 heavy (non-hydrogen) atoms. The Morgan fingerprint density at radius 3 is 2.71 bits per heavy atom. The summed E-state index contributed by atoms with van der Waals surface area (Å²) in [7, 11) is 4.01. The molecule has 0 atom stereocenters. The van der Waals surface area contributed by atoms with Crippen molar-refractivity contribution in [3.8, 4) is 0 Å². The molecule has 1 heterocycles. The molecule has 6 heteroatoms. The Kier molecular flexibility index (Phi) is 4.09. The predicted molar refractivity (Wildman–Crippen MR) is 56.7 cm³/mol. The van der Waals surface area contributed by atoms with Gasteiger partial charge in [0.1, 0.15) is 5.69 Å². The van der Waals surface area contributed by atoms with Gasteiger partial charge in [-0.05, 0) is 21.0 Å². The van der Waals surface area contributed by atoms with Gasteiger partial charge in [0.15, 0.2) is 5.16 Å². The van der Waals surface area contributed by atoms with Crippen LogP contribution in [0.15, 0.2) is 9.95 Å². The van der Waals surface area contributed by atoms with Gasteiger partial charge < -0.3 is 4.90 Å². The Hall–Kier alpha value is -0.880. The SMILES string of the molecule is Cc1nnc(SCCN(C)C)[nH]c1=O. The van der Waals surface area contributed by atoms with Crippen molar-refractivity contribution < 1.29 is 0 Å². The Morgan fingerprint density at radius 1 is 1.43 bits per heavy atom. The van der Waals surface area contributed by atoms with E-state index in [4.69, 9.17) is 0 Å². The van der Waals surface area contributed by atoms with Gasteiger partial charge >= 0.3 is 0 Å². The van der Waals surface area contributed by atoms with Crippen molar-refractivity contribution in [3.05, 3.63) is 16.0 Å². The number of nitrogens with zero attached hydrogens (tertiary/aromatic N) is 3. The van der Waals surface area contributed by atoms with E-state index in [-0.39, 0.29) is 5.56 Å². The lowest BCUT2D eigenvalue weighted by Gasteiger charge is -2.07. The third kappa shape index (κ3) is 3.47. The van der Waals surface area contributed by atoms with Gasteiger partial charge in [-0.2, -0.15) is 0 Å². The second kappa shape index (κ2) is 5.11. The van der Waals surface area contributed by atoms with Gasteiger partial charge in [-0.1, -0.05) is 11.8 Å². The highest BCUT2D eigenvalue weighted by molar-refractivity contribution is 7.99. The molecule has 0 unspecified atom stereocenters. The lowest BCUT2D eigenvalue weighted by atomic mass is 10.5. The molecule has 5 nitrogen and oxygen atoms in total. The molecule has 0 aliphatic rings. The van der Waals surface area contributed by atoms with Gasteiger partial charge in [-0.3, -0.25) is 9.78 Å². The zero-order valence-corrected chi connectivity index (χ0v) is 9.39. The molecule has 0 aliphatic carbocycles. The molecular formula is C8H14N4OS. The predicted octanol–water partition coefficient (Wildman–Crippen LogP) is 0.127.